The molecule has 1 aromatic heterocycles. The van der Waals surface area contributed by atoms with Crippen LogP contribution in [0.15, 0.2) is 78.9 Å². The van der Waals surface area contributed by atoms with Gasteiger partial charge >= 0.3 is 12.1 Å². The molecule has 0 aliphatic heterocycles. The van der Waals surface area contributed by atoms with Crippen molar-refractivity contribution < 1.29 is 28.2 Å². The number of carboxylic acid groups (broad SMARTS) is 1. The largest absolute Gasteiger partial charge is 0.481 e. The SMILES string of the molecule is CC(OC(=O)Nc1cc(F)sc1-c1ccccc1-c1ccc(C2(C(=O)O)CC2)cc1)c1ccc(F)cc1. The van der Waals surface area contributed by atoms with Gasteiger partial charge in [0.15, 0.2) is 5.13 Å². The van der Waals surface area contributed by atoms with Crippen molar-refractivity contribution in [3.63, 3.8) is 0 Å². The van der Waals surface area contributed by atoms with Crippen LogP contribution < -0.4 is 5.32 Å². The van der Waals surface area contributed by atoms with Crippen LogP contribution in [-0.2, 0) is 14.9 Å². The fourth-order valence-corrected chi connectivity index (χ4v) is 5.29. The van der Waals surface area contributed by atoms with Crippen LogP contribution in [0.3, 0.4) is 0 Å². The summed E-state index contributed by atoms with van der Waals surface area (Å²) in [5, 5.41) is 11.7. The number of anilines is 1. The van der Waals surface area contributed by atoms with Gasteiger partial charge in [-0.25, -0.2) is 9.18 Å². The van der Waals surface area contributed by atoms with Crippen LogP contribution in [0.4, 0.5) is 19.3 Å². The maximum atomic E-state index is 14.4. The van der Waals surface area contributed by atoms with Crippen molar-refractivity contribution in [2.45, 2.75) is 31.3 Å². The fourth-order valence-electron chi connectivity index (χ4n) is 4.41. The zero-order chi connectivity index (χ0) is 26.2. The quantitative estimate of drug-likeness (QED) is 0.261. The van der Waals surface area contributed by atoms with Crippen molar-refractivity contribution in [3.05, 3.63) is 101 Å². The van der Waals surface area contributed by atoms with Crippen molar-refractivity contribution in [1.29, 1.82) is 0 Å². The third-order valence-electron chi connectivity index (χ3n) is 6.64. The molecule has 1 amide bonds. The van der Waals surface area contributed by atoms with E-state index in [1.165, 1.54) is 30.3 Å². The maximum Gasteiger partial charge on any atom is 0.412 e. The Bertz CT molecular complexity index is 1460. The summed E-state index contributed by atoms with van der Waals surface area (Å²) in [5.41, 5.74) is 3.23. The predicted molar refractivity (Wildman–Crippen MR) is 139 cm³/mol. The summed E-state index contributed by atoms with van der Waals surface area (Å²) in [5.74, 6) is -1.20. The average Bonchev–Trinajstić information content (AvgIpc) is 3.63. The molecule has 1 aliphatic rings. The first kappa shape index (κ1) is 24.6. The normalized spacial score (nSPS) is 14.6. The van der Waals surface area contributed by atoms with Gasteiger partial charge in [-0.3, -0.25) is 10.1 Å². The smallest absolute Gasteiger partial charge is 0.412 e. The lowest BCUT2D eigenvalue weighted by atomic mass is 9.92. The van der Waals surface area contributed by atoms with E-state index >= 15 is 0 Å². The highest BCUT2D eigenvalue weighted by Gasteiger charge is 2.51. The Labute approximate surface area is 216 Å². The zero-order valence-electron chi connectivity index (χ0n) is 19.8. The Balaban J connectivity index is 1.40. The molecule has 188 valence electrons. The van der Waals surface area contributed by atoms with Crippen LogP contribution in [0.1, 0.15) is 37.0 Å². The number of benzene rings is 3. The third kappa shape index (κ3) is 4.97. The molecule has 4 aromatic rings. The van der Waals surface area contributed by atoms with E-state index in [0.29, 0.717) is 28.8 Å². The van der Waals surface area contributed by atoms with E-state index in [2.05, 4.69) is 5.32 Å². The molecule has 1 heterocycles. The molecule has 1 saturated carbocycles. The second-order valence-electron chi connectivity index (χ2n) is 9.03. The highest BCUT2D eigenvalue weighted by Crippen LogP contribution is 2.49. The second kappa shape index (κ2) is 9.78. The van der Waals surface area contributed by atoms with Gasteiger partial charge in [-0.2, -0.15) is 4.39 Å². The summed E-state index contributed by atoms with van der Waals surface area (Å²) in [7, 11) is 0. The van der Waals surface area contributed by atoms with E-state index in [0.717, 1.165) is 28.0 Å². The van der Waals surface area contributed by atoms with Gasteiger partial charge in [0.25, 0.3) is 0 Å². The summed E-state index contributed by atoms with van der Waals surface area (Å²) >= 11 is 0.900. The highest BCUT2D eigenvalue weighted by atomic mass is 32.1. The molecule has 0 spiro atoms. The summed E-state index contributed by atoms with van der Waals surface area (Å²) in [6.07, 6.45) is -0.157. The number of ether oxygens (including phenoxy) is 1. The number of aliphatic carboxylic acids is 1. The summed E-state index contributed by atoms with van der Waals surface area (Å²) < 4.78 is 33.0. The standard InChI is InChI=1S/C29H23F2NO4S/c1-17(18-8-12-21(30)13-9-18)36-28(35)32-24-16-25(31)37-26(24)23-5-3-2-4-22(23)19-6-10-20(11-7-19)29(14-15-29)27(33)34/h2-13,16-17H,14-15H2,1H3,(H,32,35)(H,33,34). The number of carbonyl (C=O) groups excluding carboxylic acids is 1. The Kier molecular flexibility index (Phi) is 6.52. The first-order valence-electron chi connectivity index (χ1n) is 11.7. The number of carboxylic acids is 1. The van der Waals surface area contributed by atoms with Crippen LogP contribution in [0.25, 0.3) is 21.6 Å². The van der Waals surface area contributed by atoms with Crippen LogP contribution in [0.2, 0.25) is 0 Å². The minimum absolute atomic E-state index is 0.269. The predicted octanol–water partition coefficient (Wildman–Crippen LogP) is 7.79. The Morgan fingerprint density at radius 1 is 0.973 bits per heavy atom. The van der Waals surface area contributed by atoms with E-state index in [1.54, 1.807) is 6.92 Å². The number of amides is 1. The van der Waals surface area contributed by atoms with Crippen LogP contribution in [0.5, 0.6) is 0 Å². The number of carbonyl (C=O) groups is 2. The van der Waals surface area contributed by atoms with Crippen LogP contribution >= 0.6 is 11.3 Å². The van der Waals surface area contributed by atoms with Crippen molar-refractivity contribution in [3.8, 4) is 21.6 Å². The number of halogens is 2. The Morgan fingerprint density at radius 2 is 1.62 bits per heavy atom. The monoisotopic (exact) mass is 519 g/mol. The van der Waals surface area contributed by atoms with Crippen molar-refractivity contribution in [1.82, 2.24) is 0 Å². The summed E-state index contributed by atoms with van der Waals surface area (Å²) in [4.78, 5) is 24.8. The maximum absolute atomic E-state index is 14.4. The lowest BCUT2D eigenvalue weighted by Crippen LogP contribution is -2.19. The molecule has 5 rings (SSSR count). The lowest BCUT2D eigenvalue weighted by molar-refractivity contribution is -0.140. The molecule has 0 saturated heterocycles. The highest BCUT2D eigenvalue weighted by molar-refractivity contribution is 7.14. The molecule has 0 bridgehead atoms. The zero-order valence-corrected chi connectivity index (χ0v) is 20.6. The average molecular weight is 520 g/mol. The molecule has 3 aromatic carbocycles. The van der Waals surface area contributed by atoms with Crippen molar-refractivity contribution in [2.75, 3.05) is 5.32 Å². The molecule has 1 unspecified atom stereocenters. The Hall–Kier alpha value is -4.04. The van der Waals surface area contributed by atoms with Gasteiger partial charge in [0.2, 0.25) is 0 Å². The van der Waals surface area contributed by atoms with E-state index in [1.807, 2.05) is 48.5 Å². The van der Waals surface area contributed by atoms with Gasteiger partial charge in [0.05, 0.1) is 16.0 Å². The fraction of sp³-hybridized carbons (Fsp3) is 0.172. The number of rotatable bonds is 7. The molecule has 2 N–H and O–H groups in total. The minimum atomic E-state index is -0.814. The lowest BCUT2D eigenvalue weighted by Gasteiger charge is -2.16. The summed E-state index contributed by atoms with van der Waals surface area (Å²) in [6.45, 7) is 1.66. The van der Waals surface area contributed by atoms with Gasteiger partial charge in [0.1, 0.15) is 11.9 Å². The number of nitrogens with one attached hydrogen (secondary N) is 1. The Morgan fingerprint density at radius 3 is 2.24 bits per heavy atom. The number of thiophene rings is 1. The van der Waals surface area contributed by atoms with E-state index in [9.17, 15) is 23.5 Å². The van der Waals surface area contributed by atoms with E-state index < -0.39 is 28.7 Å². The topological polar surface area (TPSA) is 75.6 Å². The van der Waals surface area contributed by atoms with Crippen LogP contribution in [-0.4, -0.2) is 17.2 Å². The molecule has 0 radical (unpaired) electrons. The molecule has 8 heteroatoms. The molecule has 1 aliphatic carbocycles. The van der Waals surface area contributed by atoms with Gasteiger partial charge in [-0.1, -0.05) is 60.7 Å². The molecule has 1 atom stereocenters. The third-order valence-corrected chi connectivity index (χ3v) is 7.60. The van der Waals surface area contributed by atoms with Gasteiger partial charge in [-0.15, -0.1) is 11.3 Å². The van der Waals surface area contributed by atoms with E-state index in [4.69, 9.17) is 4.74 Å². The molecular weight excluding hydrogens is 496 g/mol. The molecule has 5 nitrogen and oxygen atoms in total. The number of hydrogen-bond donors (Lipinski definition) is 2. The number of hydrogen-bond acceptors (Lipinski definition) is 4. The van der Waals surface area contributed by atoms with Crippen LogP contribution in [0, 0.1) is 10.9 Å². The van der Waals surface area contributed by atoms with Crippen molar-refractivity contribution in [2.24, 2.45) is 0 Å². The summed E-state index contributed by atoms with van der Waals surface area (Å²) in [6, 6.07) is 21.7. The first-order chi connectivity index (χ1) is 17.8. The van der Waals surface area contributed by atoms with Gasteiger partial charge in [-0.05, 0) is 54.2 Å². The minimum Gasteiger partial charge on any atom is -0.481 e. The van der Waals surface area contributed by atoms with Gasteiger partial charge < -0.3 is 9.84 Å². The molecule has 1 fully saturated rings. The molecular formula is C29H23F2NO4S. The van der Waals surface area contributed by atoms with Crippen molar-refractivity contribution >= 4 is 29.1 Å². The molecule has 37 heavy (non-hydrogen) atoms. The van der Waals surface area contributed by atoms with E-state index in [-0.39, 0.29) is 11.5 Å². The van der Waals surface area contributed by atoms with Gasteiger partial charge in [0, 0.05) is 11.6 Å². The first-order valence-corrected chi connectivity index (χ1v) is 12.5. The second-order valence-corrected chi connectivity index (χ2v) is 10.0.